The Labute approximate surface area is 516 Å². The lowest BCUT2D eigenvalue weighted by Crippen LogP contribution is -2.41. The van der Waals surface area contributed by atoms with Crippen LogP contribution < -0.4 is 18.9 Å². The molecule has 2 fully saturated rings. The van der Waals surface area contributed by atoms with Gasteiger partial charge in [-0.15, -0.1) is 0 Å². The van der Waals surface area contributed by atoms with Crippen LogP contribution in [0.1, 0.15) is 176 Å². The summed E-state index contributed by atoms with van der Waals surface area (Å²) in [6.45, 7) is 19.6. The second-order valence-corrected chi connectivity index (χ2v) is 30.4. The molecule has 0 aliphatic carbocycles. The van der Waals surface area contributed by atoms with E-state index in [1.807, 2.05) is 27.7 Å². The molecule has 0 bridgehead atoms. The number of hydrogen-bond donors (Lipinski definition) is 2. The Morgan fingerprint density at radius 1 is 0.534 bits per heavy atom. The number of rotatable bonds is 10. The van der Waals surface area contributed by atoms with Crippen molar-refractivity contribution < 1.29 is 71.7 Å². The van der Waals surface area contributed by atoms with Gasteiger partial charge in [0.15, 0.2) is 0 Å². The molecule has 2 aromatic heterocycles. The number of sulfonamides is 2. The number of nitrogens with zero attached hydrogens (tertiary/aromatic N) is 6. The summed E-state index contributed by atoms with van der Waals surface area (Å²) >= 11 is 1.80. The zero-order valence-corrected chi connectivity index (χ0v) is 53.4. The fourth-order valence-corrected chi connectivity index (χ4v) is 14.9. The lowest BCUT2D eigenvalue weighted by Gasteiger charge is -2.40. The minimum absolute atomic E-state index is 0.0370. The molecule has 6 heterocycles. The number of nitrogens with one attached hydrogen (secondary N) is 2. The fourth-order valence-electron chi connectivity index (χ4n) is 11.6. The number of hydrogen-bond acceptors (Lipinski definition) is 16. The van der Waals surface area contributed by atoms with E-state index in [-0.39, 0.29) is 43.7 Å². The largest absolute Gasteiger partial charge is 0.487 e. The van der Waals surface area contributed by atoms with E-state index in [2.05, 4.69) is 28.2 Å². The molecule has 0 spiro atoms. The van der Waals surface area contributed by atoms with Crippen LogP contribution in [-0.2, 0) is 41.9 Å². The third kappa shape index (κ3) is 15.8. The van der Waals surface area contributed by atoms with Gasteiger partial charge in [0.1, 0.15) is 46.6 Å². The Balaban J connectivity index is 0.000000209. The Bertz CT molecular complexity index is 3500. The van der Waals surface area contributed by atoms with Gasteiger partial charge in [0.05, 0.1) is 20.9 Å². The van der Waals surface area contributed by atoms with E-state index in [1.165, 1.54) is 61.2 Å². The van der Waals surface area contributed by atoms with E-state index >= 15 is 0 Å². The number of alkyl halides is 6. The number of likely N-dealkylation sites (tertiary alicyclic amines) is 2. The summed E-state index contributed by atoms with van der Waals surface area (Å²) in [5.74, 6) is -0.480. The maximum Gasteiger partial charge on any atom is 0.416 e. The highest BCUT2D eigenvalue weighted by Gasteiger charge is 2.42. The molecule has 4 aliphatic heterocycles. The van der Waals surface area contributed by atoms with Gasteiger partial charge in [0, 0.05) is 84.3 Å². The van der Waals surface area contributed by atoms with Crippen molar-refractivity contribution in [3.63, 3.8) is 0 Å². The molecule has 88 heavy (non-hydrogen) atoms. The van der Waals surface area contributed by atoms with Crippen LogP contribution in [-0.4, -0.2) is 106 Å². The Morgan fingerprint density at radius 3 is 1.18 bits per heavy atom. The predicted molar refractivity (Wildman–Crippen MR) is 319 cm³/mol. The summed E-state index contributed by atoms with van der Waals surface area (Å²) in [6.07, 6.45) is -4.62. The Morgan fingerprint density at radius 2 is 0.875 bits per heavy atom. The number of halogens is 6. The summed E-state index contributed by atoms with van der Waals surface area (Å²) in [5, 5.41) is 0.239. The highest BCUT2D eigenvalue weighted by Crippen LogP contribution is 2.51. The second-order valence-electron chi connectivity index (χ2n) is 25.5. The van der Waals surface area contributed by atoms with Crippen LogP contribution in [0.3, 0.4) is 0 Å². The number of benzene rings is 4. The van der Waals surface area contributed by atoms with Gasteiger partial charge in [0.25, 0.3) is 20.0 Å². The van der Waals surface area contributed by atoms with Gasteiger partial charge in [-0.3, -0.25) is 9.44 Å². The molecule has 2 atom stereocenters. The van der Waals surface area contributed by atoms with Crippen molar-refractivity contribution in [1.82, 2.24) is 28.5 Å². The average Bonchev–Trinajstić information content (AvgIpc) is 0.961. The second kappa shape index (κ2) is 24.5. The van der Waals surface area contributed by atoms with Crippen molar-refractivity contribution in [3.8, 4) is 11.5 Å². The van der Waals surface area contributed by atoms with Crippen LogP contribution in [0, 0.1) is 0 Å². The SMILES string of the molecule is CC(C)(C)OC(=O)N1CCC(c2cc(C(F)(F)F)ccc2[C@@H]2CC(C)(C)Oc3cc(S(=O)(=O)Nc4ncns4)ccc32)CC1.CC(C)(C)OC(=O)N1CCC(c2cc(C(F)(F)F)ccc2[C@H]2CC(C)(C)Oc3cc(S(=O)(=O)Nc4ncns4)ccc32)CC1. The highest BCUT2D eigenvalue weighted by molar-refractivity contribution is 7.93. The molecule has 2 amide bonds. The highest BCUT2D eigenvalue weighted by atomic mass is 32.2. The Kier molecular flexibility index (Phi) is 18.3. The summed E-state index contributed by atoms with van der Waals surface area (Å²) in [7, 11) is -7.99. The van der Waals surface area contributed by atoms with Crippen molar-refractivity contribution in [2.75, 3.05) is 35.6 Å². The van der Waals surface area contributed by atoms with Crippen molar-refractivity contribution in [3.05, 3.63) is 130 Å². The predicted octanol–water partition coefficient (Wildman–Crippen LogP) is 14.3. The zero-order valence-electron chi connectivity index (χ0n) is 50.1. The molecule has 2 saturated heterocycles. The molecule has 0 radical (unpaired) electrons. The number of piperidine rings is 2. The molecule has 28 heteroatoms. The van der Waals surface area contributed by atoms with Crippen molar-refractivity contribution >= 4 is 65.6 Å². The number of aromatic nitrogens is 4. The van der Waals surface area contributed by atoms with E-state index in [4.69, 9.17) is 18.9 Å². The van der Waals surface area contributed by atoms with E-state index < -0.39 is 78.1 Å². The van der Waals surface area contributed by atoms with Gasteiger partial charge in [-0.2, -0.15) is 35.1 Å². The van der Waals surface area contributed by atoms with Crippen LogP contribution in [0.5, 0.6) is 11.5 Å². The third-order valence-electron chi connectivity index (χ3n) is 15.4. The number of carbonyl (C=O) groups is 2. The summed E-state index contributed by atoms with van der Waals surface area (Å²) in [5.41, 5.74) is -0.278. The monoisotopic (exact) mass is 1300 g/mol. The standard InChI is InChI=1S/2C30H35F3N4O5S2/c2*1-28(2,3)42-27(38)37-12-10-18(11-13-37)23-14-19(30(31,32)33)6-8-21(23)24-16-29(4,5)41-25-15-20(7-9-22(24)25)44(39,40)36-26-34-17-35-43-26/h2*6-9,14-15,17-18,24H,10-13,16H2,1-5H3,(H,34,35,36)/t2*24-/m10/s1. The number of ether oxygens (including phenoxy) is 4. The summed E-state index contributed by atoms with van der Waals surface area (Å²) in [4.78, 5) is 36.1. The van der Waals surface area contributed by atoms with Gasteiger partial charge in [-0.1, -0.05) is 24.3 Å². The van der Waals surface area contributed by atoms with Gasteiger partial charge < -0.3 is 28.7 Å². The number of fused-ring (bicyclic) bond motifs is 2. The third-order valence-corrected chi connectivity index (χ3v) is 19.5. The number of carbonyl (C=O) groups excluding carboxylic acids is 2. The molecule has 4 aromatic carbocycles. The summed E-state index contributed by atoms with van der Waals surface area (Å²) < 4.78 is 172. The van der Waals surface area contributed by atoms with E-state index in [0.29, 0.717) is 98.5 Å². The topological polar surface area (TPSA) is 221 Å². The lowest BCUT2D eigenvalue weighted by molar-refractivity contribution is -0.138. The van der Waals surface area contributed by atoms with Crippen LogP contribution in [0.4, 0.5) is 46.2 Å². The quantitative estimate of drug-likeness (QED) is 0.122. The van der Waals surface area contributed by atoms with Crippen molar-refractivity contribution in [1.29, 1.82) is 0 Å². The minimum atomic E-state index is -4.53. The average molecular weight is 1310 g/mol. The first-order valence-corrected chi connectivity index (χ1v) is 33.0. The molecule has 2 N–H and O–H groups in total. The van der Waals surface area contributed by atoms with Crippen LogP contribution >= 0.6 is 23.1 Å². The molecule has 6 aromatic rings. The maximum atomic E-state index is 13.9. The number of anilines is 2. The first kappa shape index (κ1) is 65.7. The molecule has 18 nitrogen and oxygen atoms in total. The number of amides is 2. The van der Waals surface area contributed by atoms with Crippen LogP contribution in [0.25, 0.3) is 0 Å². The Hall–Kier alpha value is -6.78. The van der Waals surface area contributed by atoms with E-state index in [9.17, 15) is 52.8 Å². The fraction of sp³-hybridized carbons (Fsp3) is 0.500. The minimum Gasteiger partial charge on any atom is -0.487 e. The first-order chi connectivity index (χ1) is 40.8. The van der Waals surface area contributed by atoms with E-state index in [1.54, 1.807) is 63.5 Å². The van der Waals surface area contributed by atoms with Gasteiger partial charge in [-0.25, -0.2) is 36.4 Å². The van der Waals surface area contributed by atoms with Crippen molar-refractivity contribution in [2.24, 2.45) is 0 Å². The normalized spacial score (nSPS) is 19.2. The maximum absolute atomic E-state index is 13.9. The van der Waals surface area contributed by atoms with Crippen LogP contribution in [0.15, 0.2) is 95.2 Å². The molecule has 476 valence electrons. The molecular weight excluding hydrogens is 1230 g/mol. The van der Waals surface area contributed by atoms with Gasteiger partial charge in [0.2, 0.25) is 10.3 Å². The molecule has 4 aliphatic rings. The lowest BCUT2D eigenvalue weighted by atomic mass is 9.75. The molecule has 0 unspecified atom stereocenters. The first-order valence-electron chi connectivity index (χ1n) is 28.5. The van der Waals surface area contributed by atoms with Crippen molar-refractivity contribution in [2.45, 2.75) is 176 Å². The van der Waals surface area contributed by atoms with E-state index in [0.717, 1.165) is 46.3 Å². The molecular formula is C60H70F6N8O10S4. The molecule has 0 saturated carbocycles. The zero-order chi connectivity index (χ0) is 64.2. The smallest absolute Gasteiger partial charge is 0.416 e. The van der Waals surface area contributed by atoms with Crippen LogP contribution in [0.2, 0.25) is 0 Å². The van der Waals surface area contributed by atoms with Gasteiger partial charge in [-0.05, 0) is 178 Å². The molecule has 10 rings (SSSR count). The van der Waals surface area contributed by atoms with Gasteiger partial charge >= 0.3 is 24.5 Å². The summed E-state index contributed by atoms with van der Waals surface area (Å²) in [6, 6.07) is 16.9.